The topological polar surface area (TPSA) is 160 Å². The molecule has 0 aromatic carbocycles. The second-order valence-corrected chi connectivity index (χ2v) is 6.72. The molecule has 2 aromatic rings. The highest BCUT2D eigenvalue weighted by Gasteiger charge is 2.44. The number of aromatic amines is 1. The standard InChI is InChI=1S/C10H13N4O7PS/c15-6-4(1-20-22(17,18)19)21-10(7(6)23)14-3-13-5-8(14)11-2-12-9(5)16/h2-4,6-7,10,15,23H,1H2,(H,11,12,16)(H2,17,18,19)/t4-,6-,7-,10-/m1/s1. The van der Waals surface area contributed by atoms with Crippen molar-refractivity contribution < 1.29 is 28.7 Å². The fraction of sp³-hybridized carbons (Fsp3) is 0.500. The van der Waals surface area contributed by atoms with E-state index in [2.05, 4.69) is 32.1 Å². The van der Waals surface area contributed by atoms with Gasteiger partial charge in [-0.25, -0.2) is 14.5 Å². The SMILES string of the molecule is O=c1[nH]cnc2c1ncn2[C@@H]1O[C@H](COP(=O)(O)O)[C@@H](O)[C@H]1S. The minimum atomic E-state index is -4.68. The van der Waals surface area contributed by atoms with Crippen LogP contribution in [0.15, 0.2) is 17.4 Å². The summed E-state index contributed by atoms with van der Waals surface area (Å²) < 4.78 is 22.1. The predicted molar refractivity (Wildman–Crippen MR) is 78.8 cm³/mol. The van der Waals surface area contributed by atoms with E-state index < -0.39 is 43.7 Å². The summed E-state index contributed by atoms with van der Waals surface area (Å²) in [6.07, 6.45) is -0.461. The van der Waals surface area contributed by atoms with E-state index in [1.54, 1.807) is 0 Å². The molecule has 1 fully saturated rings. The van der Waals surface area contributed by atoms with E-state index in [9.17, 15) is 14.5 Å². The van der Waals surface area contributed by atoms with Crippen molar-refractivity contribution in [1.82, 2.24) is 19.5 Å². The Labute approximate surface area is 133 Å². The van der Waals surface area contributed by atoms with Crippen LogP contribution in [0, 0.1) is 0 Å². The van der Waals surface area contributed by atoms with Crippen molar-refractivity contribution in [2.24, 2.45) is 0 Å². The fourth-order valence-corrected chi connectivity index (χ4v) is 3.06. The maximum Gasteiger partial charge on any atom is 0.469 e. The molecule has 1 saturated heterocycles. The van der Waals surface area contributed by atoms with E-state index in [1.165, 1.54) is 17.2 Å². The van der Waals surface area contributed by atoms with Gasteiger partial charge in [-0.05, 0) is 0 Å². The van der Waals surface area contributed by atoms with Gasteiger partial charge in [-0.2, -0.15) is 12.6 Å². The zero-order valence-corrected chi connectivity index (χ0v) is 13.2. The molecule has 11 nitrogen and oxygen atoms in total. The molecule has 0 spiro atoms. The van der Waals surface area contributed by atoms with E-state index in [0.29, 0.717) is 0 Å². The molecule has 126 valence electrons. The van der Waals surface area contributed by atoms with Crippen LogP contribution in [0.3, 0.4) is 0 Å². The van der Waals surface area contributed by atoms with Crippen LogP contribution in [0.25, 0.3) is 11.2 Å². The highest BCUT2D eigenvalue weighted by atomic mass is 32.1. The maximum absolute atomic E-state index is 11.6. The number of phosphoric ester groups is 1. The number of imidazole rings is 1. The smallest absolute Gasteiger partial charge is 0.389 e. The summed E-state index contributed by atoms with van der Waals surface area (Å²) in [5.74, 6) is 0. The first-order valence-electron chi connectivity index (χ1n) is 6.40. The van der Waals surface area contributed by atoms with Crippen molar-refractivity contribution in [3.63, 3.8) is 0 Å². The zero-order chi connectivity index (χ0) is 16.8. The first-order valence-corrected chi connectivity index (χ1v) is 8.44. The number of aliphatic hydroxyl groups is 1. The van der Waals surface area contributed by atoms with Gasteiger partial charge < -0.3 is 24.6 Å². The van der Waals surface area contributed by atoms with Gasteiger partial charge in [0.1, 0.15) is 6.10 Å². The van der Waals surface area contributed by atoms with Crippen LogP contribution in [-0.2, 0) is 13.8 Å². The molecule has 23 heavy (non-hydrogen) atoms. The highest BCUT2D eigenvalue weighted by Crippen LogP contribution is 2.39. The largest absolute Gasteiger partial charge is 0.469 e. The third-order valence-electron chi connectivity index (χ3n) is 3.38. The molecule has 1 aliphatic heterocycles. The van der Waals surface area contributed by atoms with Gasteiger partial charge in [-0.15, -0.1) is 0 Å². The van der Waals surface area contributed by atoms with Gasteiger partial charge in [0.15, 0.2) is 17.4 Å². The number of hydrogen-bond acceptors (Lipinski definition) is 8. The molecule has 0 unspecified atom stereocenters. The fourth-order valence-electron chi connectivity index (χ4n) is 2.32. The molecule has 0 radical (unpaired) electrons. The number of ether oxygens (including phenoxy) is 1. The van der Waals surface area contributed by atoms with E-state index >= 15 is 0 Å². The molecule has 4 atom stereocenters. The molecule has 4 N–H and O–H groups in total. The Morgan fingerprint density at radius 1 is 1.48 bits per heavy atom. The first kappa shape index (κ1) is 16.6. The average Bonchev–Trinajstić information content (AvgIpc) is 3.01. The van der Waals surface area contributed by atoms with Crippen molar-refractivity contribution in [2.45, 2.75) is 23.7 Å². The van der Waals surface area contributed by atoms with Crippen LogP contribution < -0.4 is 5.56 Å². The summed E-state index contributed by atoms with van der Waals surface area (Å²) in [6.45, 7) is -0.514. The summed E-state index contributed by atoms with van der Waals surface area (Å²) in [7, 11) is -4.68. The number of nitrogens with zero attached hydrogens (tertiary/aromatic N) is 3. The van der Waals surface area contributed by atoms with Crippen LogP contribution in [0.4, 0.5) is 0 Å². The second-order valence-electron chi connectivity index (χ2n) is 4.89. The summed E-state index contributed by atoms with van der Waals surface area (Å²) in [5.41, 5.74) is -0.0908. The third kappa shape index (κ3) is 3.19. The lowest BCUT2D eigenvalue weighted by molar-refractivity contribution is -0.0422. The van der Waals surface area contributed by atoms with Crippen molar-refractivity contribution in [1.29, 1.82) is 0 Å². The lowest BCUT2D eigenvalue weighted by atomic mass is 10.2. The van der Waals surface area contributed by atoms with Crippen LogP contribution in [0.1, 0.15) is 6.23 Å². The molecule has 3 rings (SSSR count). The van der Waals surface area contributed by atoms with Crippen molar-refractivity contribution in [3.05, 3.63) is 23.0 Å². The number of aromatic nitrogens is 4. The van der Waals surface area contributed by atoms with Crippen LogP contribution in [-0.4, -0.2) is 58.5 Å². The van der Waals surface area contributed by atoms with Crippen molar-refractivity contribution in [3.8, 4) is 0 Å². The molecule has 0 bridgehead atoms. The maximum atomic E-state index is 11.6. The Kier molecular flexibility index (Phi) is 4.31. The van der Waals surface area contributed by atoms with E-state index in [0.717, 1.165) is 0 Å². The summed E-state index contributed by atoms with van der Waals surface area (Å²) in [5, 5.41) is 9.36. The predicted octanol–water partition coefficient (Wildman–Crippen LogP) is -1.21. The van der Waals surface area contributed by atoms with Gasteiger partial charge in [0.05, 0.1) is 30.6 Å². The molecule has 2 aromatic heterocycles. The number of fused-ring (bicyclic) bond motifs is 1. The lowest BCUT2D eigenvalue weighted by Gasteiger charge is -2.16. The molecule has 3 heterocycles. The number of rotatable bonds is 4. The highest BCUT2D eigenvalue weighted by molar-refractivity contribution is 7.81. The van der Waals surface area contributed by atoms with Gasteiger partial charge >= 0.3 is 7.82 Å². The van der Waals surface area contributed by atoms with Gasteiger partial charge in [0, 0.05) is 0 Å². The third-order valence-corrected chi connectivity index (χ3v) is 4.43. The molecular weight excluding hydrogens is 351 g/mol. The van der Waals surface area contributed by atoms with E-state index in [4.69, 9.17) is 14.5 Å². The Balaban J connectivity index is 1.87. The normalized spacial score (nSPS) is 28.5. The Bertz CT molecular complexity index is 819. The van der Waals surface area contributed by atoms with Crippen LogP contribution >= 0.6 is 20.5 Å². The second kappa shape index (κ2) is 5.98. The van der Waals surface area contributed by atoms with Crippen molar-refractivity contribution in [2.75, 3.05) is 6.61 Å². The Morgan fingerprint density at radius 2 is 2.22 bits per heavy atom. The van der Waals surface area contributed by atoms with E-state index in [-0.39, 0.29) is 11.2 Å². The molecular formula is C10H13N4O7PS. The van der Waals surface area contributed by atoms with Crippen LogP contribution in [0.2, 0.25) is 0 Å². The Hall–Kier alpha value is -1.27. The summed E-state index contributed by atoms with van der Waals surface area (Å²) in [4.78, 5) is 39.4. The van der Waals surface area contributed by atoms with Gasteiger partial charge in [-0.1, -0.05) is 0 Å². The molecule has 0 saturated carbocycles. The number of aliphatic hydroxyl groups excluding tert-OH is 1. The molecule has 0 amide bonds. The quantitative estimate of drug-likeness (QED) is 0.331. The number of phosphoric acid groups is 1. The average molecular weight is 364 g/mol. The minimum Gasteiger partial charge on any atom is -0.389 e. The summed E-state index contributed by atoms with van der Waals surface area (Å²) >= 11 is 4.26. The zero-order valence-electron chi connectivity index (χ0n) is 11.4. The monoisotopic (exact) mass is 364 g/mol. The van der Waals surface area contributed by atoms with Crippen LogP contribution in [0.5, 0.6) is 0 Å². The number of hydrogen-bond donors (Lipinski definition) is 5. The van der Waals surface area contributed by atoms with Gasteiger partial charge in [0.25, 0.3) is 5.56 Å². The van der Waals surface area contributed by atoms with E-state index in [1.807, 2.05) is 0 Å². The lowest BCUT2D eigenvalue weighted by Crippen LogP contribution is -2.30. The van der Waals surface area contributed by atoms with Gasteiger partial charge in [-0.3, -0.25) is 13.9 Å². The first-order chi connectivity index (χ1) is 10.8. The number of H-pyrrole nitrogens is 1. The van der Waals surface area contributed by atoms with Gasteiger partial charge in [0.2, 0.25) is 0 Å². The Morgan fingerprint density at radius 3 is 2.91 bits per heavy atom. The minimum absolute atomic E-state index is 0.0982. The summed E-state index contributed by atoms with van der Waals surface area (Å²) in [6, 6.07) is 0. The molecule has 13 heteroatoms. The number of nitrogens with one attached hydrogen (secondary N) is 1. The van der Waals surface area contributed by atoms with Crippen molar-refractivity contribution >= 4 is 31.6 Å². The molecule has 0 aliphatic carbocycles. The molecule has 1 aliphatic rings. The number of thiol groups is 1.